The van der Waals surface area contributed by atoms with E-state index in [2.05, 4.69) is 4.90 Å². The topological polar surface area (TPSA) is 63.4 Å². The van der Waals surface area contributed by atoms with Gasteiger partial charge in [-0.05, 0) is 25.8 Å². The monoisotopic (exact) mass is 264 g/mol. The van der Waals surface area contributed by atoms with Crippen LogP contribution in [0, 0.1) is 0 Å². The van der Waals surface area contributed by atoms with E-state index in [0.29, 0.717) is 17.5 Å². The highest BCUT2D eigenvalue weighted by atomic mass is 32.2. The molecule has 0 amide bonds. The normalized spacial score (nSPS) is 16.6. The molecule has 0 aliphatic heterocycles. The summed E-state index contributed by atoms with van der Waals surface area (Å²) in [4.78, 5) is 2.85. The minimum Gasteiger partial charge on any atom is -0.393 e. The average molecular weight is 264 g/mol. The Labute approximate surface area is 103 Å². The molecule has 0 heterocycles. The van der Waals surface area contributed by atoms with Crippen molar-refractivity contribution in [2.24, 2.45) is 5.73 Å². The Kier molecular flexibility index (Phi) is 5.14. The van der Waals surface area contributed by atoms with Crippen LogP contribution in [-0.4, -0.2) is 49.4 Å². The van der Waals surface area contributed by atoms with E-state index in [4.69, 9.17) is 18.0 Å². The van der Waals surface area contributed by atoms with E-state index in [9.17, 15) is 8.42 Å². The van der Waals surface area contributed by atoms with E-state index in [1.165, 1.54) is 19.1 Å². The van der Waals surface area contributed by atoms with Gasteiger partial charge in [-0.15, -0.1) is 0 Å². The number of nitrogens with zero attached hydrogens (tertiary/aromatic N) is 1. The van der Waals surface area contributed by atoms with Gasteiger partial charge in [0, 0.05) is 25.3 Å². The first-order valence-electron chi connectivity index (χ1n) is 5.58. The number of thiocarbonyl (C=S) groups is 1. The van der Waals surface area contributed by atoms with E-state index in [-0.39, 0.29) is 5.75 Å². The smallest absolute Gasteiger partial charge is 0.147 e. The zero-order valence-corrected chi connectivity index (χ0v) is 11.3. The number of hydrogen-bond acceptors (Lipinski definition) is 4. The molecule has 0 spiro atoms. The summed E-state index contributed by atoms with van der Waals surface area (Å²) in [7, 11) is -2.83. The molecule has 0 aromatic heterocycles. The third-order valence-electron chi connectivity index (χ3n) is 2.67. The summed E-state index contributed by atoms with van der Waals surface area (Å²) in [5.41, 5.74) is 5.47. The molecular formula is C10H20N2O2S2. The van der Waals surface area contributed by atoms with Crippen LogP contribution in [0.4, 0.5) is 0 Å². The van der Waals surface area contributed by atoms with Gasteiger partial charge in [-0.1, -0.05) is 12.2 Å². The lowest BCUT2D eigenvalue weighted by Crippen LogP contribution is -2.31. The molecule has 0 aromatic rings. The third-order valence-corrected chi connectivity index (χ3v) is 3.90. The van der Waals surface area contributed by atoms with Gasteiger partial charge in [-0.3, -0.25) is 4.90 Å². The Morgan fingerprint density at radius 3 is 2.50 bits per heavy atom. The predicted octanol–water partition coefficient (Wildman–Crippen LogP) is 0.562. The molecule has 0 bridgehead atoms. The van der Waals surface area contributed by atoms with E-state index >= 15 is 0 Å². The molecule has 0 saturated heterocycles. The molecule has 16 heavy (non-hydrogen) atoms. The molecule has 0 unspecified atom stereocenters. The van der Waals surface area contributed by atoms with Crippen LogP contribution in [0.25, 0.3) is 0 Å². The van der Waals surface area contributed by atoms with Crippen molar-refractivity contribution in [1.82, 2.24) is 4.90 Å². The van der Waals surface area contributed by atoms with Crippen molar-refractivity contribution in [1.29, 1.82) is 0 Å². The fourth-order valence-corrected chi connectivity index (χ4v) is 2.45. The predicted molar refractivity (Wildman–Crippen MR) is 70.3 cm³/mol. The van der Waals surface area contributed by atoms with Gasteiger partial charge in [-0.2, -0.15) is 0 Å². The van der Waals surface area contributed by atoms with Gasteiger partial charge in [-0.25, -0.2) is 8.42 Å². The molecule has 1 aliphatic rings. The zero-order valence-electron chi connectivity index (χ0n) is 9.68. The summed E-state index contributed by atoms with van der Waals surface area (Å²) < 4.78 is 22.0. The first kappa shape index (κ1) is 13.9. The standard InChI is InChI=1S/C10H20N2O2S2/c1-16(13,14)8-2-6-12(9-3-4-9)7-5-10(11)15/h9H,2-8H2,1H3,(H2,11,15). The highest BCUT2D eigenvalue weighted by molar-refractivity contribution is 7.90. The fraction of sp³-hybridized carbons (Fsp3) is 0.900. The van der Waals surface area contributed by atoms with E-state index in [0.717, 1.165) is 19.5 Å². The first-order chi connectivity index (χ1) is 7.38. The molecule has 1 fully saturated rings. The van der Waals surface area contributed by atoms with Gasteiger partial charge in [0.25, 0.3) is 0 Å². The SMILES string of the molecule is CS(=O)(=O)CCCN(CCC(N)=S)C1CC1. The second-order valence-electron chi connectivity index (χ2n) is 4.47. The van der Waals surface area contributed by atoms with Crippen LogP contribution in [0.2, 0.25) is 0 Å². The van der Waals surface area contributed by atoms with Crippen LogP contribution in [-0.2, 0) is 9.84 Å². The molecule has 6 heteroatoms. The number of sulfone groups is 1. The molecule has 0 aromatic carbocycles. The van der Waals surface area contributed by atoms with E-state index in [1.54, 1.807) is 0 Å². The quantitative estimate of drug-likeness (QED) is 0.649. The van der Waals surface area contributed by atoms with Crippen molar-refractivity contribution in [2.45, 2.75) is 31.7 Å². The van der Waals surface area contributed by atoms with Gasteiger partial charge in [0.15, 0.2) is 0 Å². The average Bonchev–Trinajstić information content (AvgIpc) is 2.91. The molecule has 4 nitrogen and oxygen atoms in total. The van der Waals surface area contributed by atoms with Crippen molar-refractivity contribution in [3.05, 3.63) is 0 Å². The Morgan fingerprint density at radius 1 is 1.44 bits per heavy atom. The van der Waals surface area contributed by atoms with E-state index in [1.807, 2.05) is 0 Å². The first-order valence-corrected chi connectivity index (χ1v) is 8.05. The van der Waals surface area contributed by atoms with Crippen LogP contribution >= 0.6 is 12.2 Å². The van der Waals surface area contributed by atoms with Gasteiger partial charge in [0.2, 0.25) is 0 Å². The highest BCUT2D eigenvalue weighted by Crippen LogP contribution is 2.26. The summed E-state index contributed by atoms with van der Waals surface area (Å²) in [5.74, 6) is 0.267. The van der Waals surface area contributed by atoms with Gasteiger partial charge in [0.1, 0.15) is 9.84 Å². The third kappa shape index (κ3) is 6.40. The summed E-state index contributed by atoms with van der Waals surface area (Å²) in [5, 5.41) is 0. The number of hydrogen-bond donors (Lipinski definition) is 1. The molecule has 2 N–H and O–H groups in total. The minimum absolute atomic E-state index is 0.267. The van der Waals surface area contributed by atoms with Crippen molar-refractivity contribution < 1.29 is 8.42 Å². The van der Waals surface area contributed by atoms with Crippen molar-refractivity contribution in [3.63, 3.8) is 0 Å². The van der Waals surface area contributed by atoms with Crippen LogP contribution in [0.15, 0.2) is 0 Å². The highest BCUT2D eigenvalue weighted by Gasteiger charge is 2.28. The van der Waals surface area contributed by atoms with Gasteiger partial charge < -0.3 is 5.73 Å². The van der Waals surface area contributed by atoms with Gasteiger partial charge >= 0.3 is 0 Å². The maximum absolute atomic E-state index is 11.0. The van der Waals surface area contributed by atoms with Crippen LogP contribution < -0.4 is 5.73 Å². The lowest BCUT2D eigenvalue weighted by molar-refractivity contribution is 0.272. The molecule has 1 rings (SSSR count). The molecule has 1 aliphatic carbocycles. The number of rotatable bonds is 8. The van der Waals surface area contributed by atoms with Crippen molar-refractivity contribution >= 4 is 27.0 Å². The minimum atomic E-state index is -2.83. The van der Waals surface area contributed by atoms with Gasteiger partial charge in [0.05, 0.1) is 10.7 Å². The van der Waals surface area contributed by atoms with E-state index < -0.39 is 9.84 Å². The Balaban J connectivity index is 2.25. The Hall–Kier alpha value is -0.200. The van der Waals surface area contributed by atoms with Crippen molar-refractivity contribution in [3.8, 4) is 0 Å². The summed E-state index contributed by atoms with van der Waals surface area (Å²) in [6, 6.07) is 0.633. The lowest BCUT2D eigenvalue weighted by atomic mass is 10.3. The summed E-state index contributed by atoms with van der Waals surface area (Å²) >= 11 is 4.85. The summed E-state index contributed by atoms with van der Waals surface area (Å²) in [6.07, 6.45) is 5.15. The lowest BCUT2D eigenvalue weighted by Gasteiger charge is -2.21. The Bertz CT molecular complexity index is 337. The van der Waals surface area contributed by atoms with Crippen LogP contribution in [0.1, 0.15) is 25.7 Å². The molecule has 0 radical (unpaired) electrons. The second-order valence-corrected chi connectivity index (χ2v) is 7.25. The Morgan fingerprint density at radius 2 is 2.06 bits per heavy atom. The largest absolute Gasteiger partial charge is 0.393 e. The molecule has 0 atom stereocenters. The van der Waals surface area contributed by atoms with Crippen LogP contribution in [0.3, 0.4) is 0 Å². The maximum Gasteiger partial charge on any atom is 0.147 e. The molecule has 1 saturated carbocycles. The molecular weight excluding hydrogens is 244 g/mol. The molecule has 94 valence electrons. The summed E-state index contributed by atoms with van der Waals surface area (Å²) in [6.45, 7) is 1.70. The van der Waals surface area contributed by atoms with Crippen LogP contribution in [0.5, 0.6) is 0 Å². The maximum atomic E-state index is 11.0. The fourth-order valence-electron chi connectivity index (χ4n) is 1.70. The van der Waals surface area contributed by atoms with Crippen molar-refractivity contribution in [2.75, 3.05) is 25.1 Å². The zero-order chi connectivity index (χ0) is 12.2. The number of nitrogens with two attached hydrogens (primary N) is 1. The second kappa shape index (κ2) is 5.93.